The Balaban J connectivity index is 0.675. The molecule has 0 fully saturated rings. The second-order valence-electron chi connectivity index (χ2n) is 31.6. The van der Waals surface area contributed by atoms with Gasteiger partial charge in [0.1, 0.15) is 23.0 Å². The summed E-state index contributed by atoms with van der Waals surface area (Å²) in [5, 5.41) is 0. The van der Waals surface area contributed by atoms with Gasteiger partial charge in [-0.1, -0.05) is 364 Å². The van der Waals surface area contributed by atoms with Crippen LogP contribution in [-0.4, -0.2) is 0 Å². The van der Waals surface area contributed by atoms with E-state index in [1.165, 1.54) is 66.8 Å². The summed E-state index contributed by atoms with van der Waals surface area (Å²) in [6, 6.07) is 169. The fourth-order valence-electron chi connectivity index (χ4n) is 19.9. The number of benzene rings is 19. The number of ether oxygens (including phenoxy) is 2. The molecule has 4 heteroatoms. The standard InChI is InChI=1S/C116H76N2O2/c1-5-30-77(31-6-1)79-60-62-80(63-61-79)86-41-27-44-90(72-86)118(109-56-21-15-46-94(109)81-34-9-3-10-35-81)93-65-67-98-96-47-13-16-50-101(96)116(108(98)76-93)106-54-20-24-59-113(106)120-114-95(49-29-55-107(114)116)89-43-26-40-85(71-89)88-64-69-110(99(74-88)82-36-11-4-12-37-82)117(91-45-28-42-87(73-91)84-39-25-38-83(70-84)78-32-7-2-8-33-78)92-66-68-103-100(75-92)97-48-14-17-51-102(97)115(103)104-52-18-22-57-111(104)119-112-58-23-19-53-105(112)115/h1-76H. The summed E-state index contributed by atoms with van der Waals surface area (Å²) in [4.78, 5) is 4.96. The van der Waals surface area contributed by atoms with Gasteiger partial charge in [0.25, 0.3) is 0 Å². The van der Waals surface area contributed by atoms with E-state index in [1.807, 2.05) is 0 Å². The Morgan fingerprint density at radius 1 is 0.150 bits per heavy atom. The summed E-state index contributed by atoms with van der Waals surface area (Å²) < 4.78 is 14.3. The van der Waals surface area contributed by atoms with Crippen LogP contribution < -0.4 is 19.3 Å². The van der Waals surface area contributed by atoms with Crippen LogP contribution in [0.3, 0.4) is 0 Å². The van der Waals surface area contributed by atoms with Crippen LogP contribution in [0.1, 0.15) is 44.5 Å². The van der Waals surface area contributed by atoms with Gasteiger partial charge in [-0.05, 0) is 214 Å². The highest BCUT2D eigenvalue weighted by atomic mass is 16.5. The minimum absolute atomic E-state index is 0.628. The number of para-hydroxylation sites is 5. The van der Waals surface area contributed by atoms with Crippen LogP contribution in [0.5, 0.6) is 23.0 Å². The van der Waals surface area contributed by atoms with E-state index < -0.39 is 10.8 Å². The molecule has 2 aliphatic heterocycles. The molecule has 23 rings (SSSR count). The van der Waals surface area contributed by atoms with E-state index >= 15 is 0 Å². The fourth-order valence-corrected chi connectivity index (χ4v) is 19.9. The highest BCUT2D eigenvalue weighted by molar-refractivity contribution is 5.99. The molecule has 1 atom stereocenters. The maximum Gasteiger partial charge on any atom is 0.140 e. The predicted molar refractivity (Wildman–Crippen MR) is 494 cm³/mol. The van der Waals surface area contributed by atoms with Gasteiger partial charge < -0.3 is 19.3 Å². The third-order valence-electron chi connectivity index (χ3n) is 25.2. The monoisotopic (exact) mass is 1530 g/mol. The van der Waals surface area contributed by atoms with E-state index in [0.29, 0.717) is 0 Å². The topological polar surface area (TPSA) is 24.9 Å². The molecule has 1 unspecified atom stereocenters. The molecule has 0 aromatic heterocycles. The molecule has 2 aliphatic carbocycles. The van der Waals surface area contributed by atoms with E-state index in [4.69, 9.17) is 9.47 Å². The van der Waals surface area contributed by atoms with Gasteiger partial charge in [0.05, 0.1) is 22.2 Å². The number of rotatable bonds is 14. The third kappa shape index (κ3) is 11.3. The quantitative estimate of drug-likeness (QED) is 0.108. The Morgan fingerprint density at radius 2 is 0.483 bits per heavy atom. The molecule has 0 radical (unpaired) electrons. The van der Waals surface area contributed by atoms with Gasteiger partial charge in [-0.2, -0.15) is 0 Å². The second-order valence-corrected chi connectivity index (χ2v) is 31.6. The van der Waals surface area contributed by atoms with Gasteiger partial charge >= 0.3 is 0 Å². The van der Waals surface area contributed by atoms with Crippen molar-refractivity contribution in [2.75, 3.05) is 9.80 Å². The summed E-state index contributed by atoms with van der Waals surface area (Å²) in [5.74, 6) is 3.39. The zero-order valence-corrected chi connectivity index (χ0v) is 65.6. The van der Waals surface area contributed by atoms with Crippen molar-refractivity contribution in [3.05, 3.63) is 506 Å². The molecule has 2 heterocycles. The number of anilines is 6. The Hall–Kier alpha value is -15.6. The van der Waals surface area contributed by atoms with E-state index in [2.05, 4.69) is 471 Å². The number of fused-ring (bicyclic) bond motifs is 18. The molecular weight excluding hydrogens is 1450 g/mol. The van der Waals surface area contributed by atoms with E-state index in [1.54, 1.807) is 0 Å². The summed E-state index contributed by atoms with van der Waals surface area (Å²) in [6.45, 7) is 0. The molecular formula is C116H76N2O2. The Morgan fingerprint density at radius 3 is 1.08 bits per heavy atom. The minimum Gasteiger partial charge on any atom is -0.457 e. The third-order valence-corrected chi connectivity index (χ3v) is 25.2. The van der Waals surface area contributed by atoms with Gasteiger partial charge in [0, 0.05) is 61.7 Å². The summed E-state index contributed by atoms with van der Waals surface area (Å²) in [5.41, 5.74) is 36.8. The molecule has 0 amide bonds. The average molecular weight is 1530 g/mol. The fraction of sp³-hybridized carbons (Fsp3) is 0.0172. The highest BCUT2D eigenvalue weighted by Gasteiger charge is 2.53. The maximum atomic E-state index is 7.55. The van der Waals surface area contributed by atoms with Crippen LogP contribution in [0.2, 0.25) is 0 Å². The van der Waals surface area contributed by atoms with E-state index in [9.17, 15) is 0 Å². The first-order chi connectivity index (χ1) is 59.5. The summed E-state index contributed by atoms with van der Waals surface area (Å²) in [7, 11) is 0. The second kappa shape index (κ2) is 28.7. The smallest absolute Gasteiger partial charge is 0.140 e. The first-order valence-corrected chi connectivity index (χ1v) is 41.3. The Bertz CT molecular complexity index is 7190. The van der Waals surface area contributed by atoms with Gasteiger partial charge in [0.15, 0.2) is 0 Å². The molecule has 4 nitrogen and oxygen atoms in total. The lowest BCUT2D eigenvalue weighted by Gasteiger charge is -2.40. The van der Waals surface area contributed by atoms with Crippen molar-refractivity contribution < 1.29 is 9.47 Å². The highest BCUT2D eigenvalue weighted by Crippen LogP contribution is 2.66. The van der Waals surface area contributed by atoms with Crippen LogP contribution in [-0.2, 0) is 10.8 Å². The molecule has 2 spiro atoms. The molecule has 0 N–H and O–H groups in total. The van der Waals surface area contributed by atoms with Crippen molar-refractivity contribution in [2.24, 2.45) is 0 Å². The van der Waals surface area contributed by atoms with Crippen molar-refractivity contribution in [3.8, 4) is 134 Å². The van der Waals surface area contributed by atoms with Crippen LogP contribution >= 0.6 is 0 Å². The lowest BCUT2D eigenvalue weighted by Crippen LogP contribution is -2.32. The maximum absolute atomic E-state index is 7.55. The molecule has 4 aliphatic rings. The molecule has 19 aromatic carbocycles. The zero-order valence-electron chi connectivity index (χ0n) is 65.6. The Kier molecular flexibility index (Phi) is 16.7. The normalized spacial score (nSPS) is 13.7. The van der Waals surface area contributed by atoms with E-state index in [0.717, 1.165) is 146 Å². The van der Waals surface area contributed by atoms with Gasteiger partial charge in [-0.25, -0.2) is 0 Å². The lowest BCUT2D eigenvalue weighted by atomic mass is 9.65. The molecule has 120 heavy (non-hydrogen) atoms. The first-order valence-electron chi connectivity index (χ1n) is 41.3. The lowest BCUT2D eigenvalue weighted by molar-refractivity contribution is 0.436. The summed E-state index contributed by atoms with van der Waals surface area (Å²) >= 11 is 0. The molecule has 562 valence electrons. The summed E-state index contributed by atoms with van der Waals surface area (Å²) in [6.07, 6.45) is 0. The molecule has 0 saturated heterocycles. The van der Waals surface area contributed by atoms with Crippen LogP contribution in [0.25, 0.3) is 111 Å². The van der Waals surface area contributed by atoms with Crippen LogP contribution in [0.15, 0.2) is 461 Å². The SMILES string of the molecule is c1ccc(-c2ccc(-c3cccc(N(c4ccc5c(c4)C4(c6ccccc6Oc6c(-c7cccc(-c8ccc(N(c9cccc(-c%10cccc(-c%11ccccc%11)c%10)c9)c9ccc%10c(c9)-c9ccccc9C%109c%10ccccc%10Oc%10ccccc%109)c(-c9ccccc9)c8)c7)cccc64)c4ccccc4-5)c4ccccc4-c4ccccc4)c3)cc2)cc1. The van der Waals surface area contributed by atoms with Crippen molar-refractivity contribution in [3.63, 3.8) is 0 Å². The molecule has 0 saturated carbocycles. The average Bonchev–Trinajstić information content (AvgIpc) is 1.49. The predicted octanol–water partition coefficient (Wildman–Crippen LogP) is 30.9. The number of hydrogen-bond donors (Lipinski definition) is 0. The molecule has 0 bridgehead atoms. The van der Waals surface area contributed by atoms with Gasteiger partial charge in [-0.3, -0.25) is 0 Å². The van der Waals surface area contributed by atoms with Crippen molar-refractivity contribution in [1.29, 1.82) is 0 Å². The largest absolute Gasteiger partial charge is 0.457 e. The van der Waals surface area contributed by atoms with Gasteiger partial charge in [0.2, 0.25) is 0 Å². The Labute approximate surface area is 699 Å². The van der Waals surface area contributed by atoms with E-state index in [-0.39, 0.29) is 0 Å². The number of hydrogen-bond acceptors (Lipinski definition) is 4. The van der Waals surface area contributed by atoms with Crippen molar-refractivity contribution in [2.45, 2.75) is 10.8 Å². The van der Waals surface area contributed by atoms with Crippen LogP contribution in [0, 0.1) is 0 Å². The van der Waals surface area contributed by atoms with Crippen molar-refractivity contribution >= 4 is 34.1 Å². The van der Waals surface area contributed by atoms with Gasteiger partial charge in [-0.15, -0.1) is 0 Å². The number of nitrogens with zero attached hydrogens (tertiary/aromatic N) is 2. The minimum atomic E-state index is -0.809. The van der Waals surface area contributed by atoms with Crippen LogP contribution in [0.4, 0.5) is 34.1 Å². The molecule has 19 aromatic rings. The van der Waals surface area contributed by atoms with Crippen molar-refractivity contribution in [1.82, 2.24) is 0 Å². The first kappa shape index (κ1) is 69.8. The zero-order chi connectivity index (χ0) is 79.2.